The monoisotopic (exact) mass is 307 g/mol. The molecule has 0 aromatic heterocycles. The van der Waals surface area contributed by atoms with Gasteiger partial charge in [-0.05, 0) is 31.7 Å². The molecule has 0 bridgehead atoms. The maximum atomic E-state index is 12.5. The molecule has 2 amide bonds. The van der Waals surface area contributed by atoms with Gasteiger partial charge < -0.3 is 14.7 Å². The second kappa shape index (κ2) is 6.57. The van der Waals surface area contributed by atoms with Crippen molar-refractivity contribution in [3.63, 3.8) is 0 Å². The maximum Gasteiger partial charge on any atom is 0.226 e. The van der Waals surface area contributed by atoms with E-state index in [1.165, 1.54) is 0 Å². The zero-order chi connectivity index (χ0) is 15.7. The van der Waals surface area contributed by atoms with Crippen LogP contribution in [0.4, 0.5) is 0 Å². The van der Waals surface area contributed by atoms with E-state index in [1.54, 1.807) is 0 Å². The Kier molecular flexibility index (Phi) is 4.71. The van der Waals surface area contributed by atoms with Gasteiger partial charge in [0.15, 0.2) is 0 Å². The maximum absolute atomic E-state index is 12.5. The minimum Gasteiger partial charge on any atom is -0.342 e. The molecule has 2 atom stereocenters. The van der Waals surface area contributed by atoms with Gasteiger partial charge >= 0.3 is 0 Å². The summed E-state index contributed by atoms with van der Waals surface area (Å²) in [6.45, 7) is 10.8. The Balaban J connectivity index is 1.47. The number of likely N-dealkylation sites (tertiary alicyclic amines) is 1. The van der Waals surface area contributed by atoms with Gasteiger partial charge in [0, 0.05) is 39.3 Å². The van der Waals surface area contributed by atoms with E-state index in [0.717, 1.165) is 71.0 Å². The molecule has 5 heteroatoms. The van der Waals surface area contributed by atoms with Crippen LogP contribution in [0.3, 0.4) is 0 Å². The van der Waals surface area contributed by atoms with Crippen molar-refractivity contribution >= 4 is 11.8 Å². The molecule has 1 aliphatic carbocycles. The third-order valence-electron chi connectivity index (χ3n) is 5.65. The van der Waals surface area contributed by atoms with Crippen LogP contribution in [-0.4, -0.2) is 72.3 Å². The van der Waals surface area contributed by atoms with Crippen molar-refractivity contribution in [2.75, 3.05) is 45.8 Å². The zero-order valence-corrected chi connectivity index (χ0v) is 14.0. The molecule has 2 saturated heterocycles. The third kappa shape index (κ3) is 3.29. The van der Waals surface area contributed by atoms with Crippen LogP contribution >= 0.6 is 0 Å². The van der Waals surface area contributed by atoms with Crippen LogP contribution in [0.2, 0.25) is 0 Å². The molecule has 2 heterocycles. The number of nitrogens with zero attached hydrogens (tertiary/aromatic N) is 3. The van der Waals surface area contributed by atoms with Crippen LogP contribution in [0.15, 0.2) is 0 Å². The van der Waals surface area contributed by atoms with E-state index in [-0.39, 0.29) is 23.7 Å². The first-order valence-electron chi connectivity index (χ1n) is 8.90. The van der Waals surface area contributed by atoms with E-state index < -0.39 is 0 Å². The van der Waals surface area contributed by atoms with Gasteiger partial charge in [-0.25, -0.2) is 0 Å². The van der Waals surface area contributed by atoms with Gasteiger partial charge in [0.05, 0.1) is 11.8 Å². The van der Waals surface area contributed by atoms with Gasteiger partial charge in [-0.2, -0.15) is 0 Å². The number of carbonyl (C=O) groups excluding carboxylic acids is 2. The molecule has 3 rings (SSSR count). The lowest BCUT2D eigenvalue weighted by Gasteiger charge is -2.34. The molecule has 2 aliphatic heterocycles. The van der Waals surface area contributed by atoms with Crippen LogP contribution in [0, 0.1) is 17.8 Å². The van der Waals surface area contributed by atoms with Crippen molar-refractivity contribution in [3.05, 3.63) is 0 Å². The highest BCUT2D eigenvalue weighted by Gasteiger charge is 2.51. The van der Waals surface area contributed by atoms with E-state index in [9.17, 15) is 9.59 Å². The Morgan fingerprint density at radius 3 is 1.86 bits per heavy atom. The van der Waals surface area contributed by atoms with E-state index in [0.29, 0.717) is 0 Å². The highest BCUT2D eigenvalue weighted by Crippen LogP contribution is 2.42. The summed E-state index contributed by atoms with van der Waals surface area (Å²) in [5.41, 5.74) is 0. The second-order valence-electron chi connectivity index (χ2n) is 7.22. The molecular weight excluding hydrogens is 278 g/mol. The van der Waals surface area contributed by atoms with Gasteiger partial charge in [0.1, 0.15) is 0 Å². The number of likely N-dealkylation sites (N-methyl/N-ethyl adjacent to an activating group) is 1. The fourth-order valence-corrected chi connectivity index (χ4v) is 3.72. The molecule has 1 saturated carbocycles. The van der Waals surface area contributed by atoms with Crippen molar-refractivity contribution in [2.24, 2.45) is 17.8 Å². The van der Waals surface area contributed by atoms with Crippen molar-refractivity contribution in [3.8, 4) is 0 Å². The number of piperazine rings is 1. The molecule has 0 aromatic carbocycles. The molecule has 0 N–H and O–H groups in total. The number of hydrogen-bond acceptors (Lipinski definition) is 3. The Hall–Kier alpha value is -1.10. The molecule has 3 fully saturated rings. The fraction of sp³-hybridized carbons (Fsp3) is 0.882. The summed E-state index contributed by atoms with van der Waals surface area (Å²) in [5, 5.41) is 0. The fourth-order valence-electron chi connectivity index (χ4n) is 3.72. The summed E-state index contributed by atoms with van der Waals surface area (Å²) in [4.78, 5) is 31.4. The van der Waals surface area contributed by atoms with E-state index in [1.807, 2.05) is 9.80 Å². The Bertz CT molecular complexity index is 424. The van der Waals surface area contributed by atoms with Gasteiger partial charge in [-0.1, -0.05) is 13.8 Å². The topological polar surface area (TPSA) is 43.9 Å². The summed E-state index contributed by atoms with van der Waals surface area (Å²) in [6, 6.07) is 0. The van der Waals surface area contributed by atoms with Crippen molar-refractivity contribution in [1.29, 1.82) is 0 Å². The first-order valence-corrected chi connectivity index (χ1v) is 8.90. The number of amides is 2. The zero-order valence-electron chi connectivity index (χ0n) is 14.0. The molecule has 22 heavy (non-hydrogen) atoms. The molecule has 5 nitrogen and oxygen atoms in total. The average Bonchev–Trinajstić information content (AvgIpc) is 3.35. The highest BCUT2D eigenvalue weighted by atomic mass is 16.2. The summed E-state index contributed by atoms with van der Waals surface area (Å²) in [7, 11) is 0. The van der Waals surface area contributed by atoms with Gasteiger partial charge in [-0.3, -0.25) is 9.59 Å². The van der Waals surface area contributed by atoms with Crippen molar-refractivity contribution in [1.82, 2.24) is 14.7 Å². The SMILES string of the molecule is CCN1CCN(C(=O)C2CC2C(=O)N2CCC(C)CC2)CC1. The summed E-state index contributed by atoms with van der Waals surface area (Å²) < 4.78 is 0. The number of piperidine rings is 1. The molecule has 2 unspecified atom stereocenters. The average molecular weight is 307 g/mol. The van der Waals surface area contributed by atoms with Gasteiger partial charge in [-0.15, -0.1) is 0 Å². The van der Waals surface area contributed by atoms with Crippen molar-refractivity contribution < 1.29 is 9.59 Å². The molecular formula is C17H29N3O2. The largest absolute Gasteiger partial charge is 0.342 e. The number of rotatable bonds is 3. The van der Waals surface area contributed by atoms with E-state index >= 15 is 0 Å². The summed E-state index contributed by atoms with van der Waals surface area (Å²) in [5.74, 6) is 1.14. The minimum absolute atomic E-state index is 0.0230. The first-order chi connectivity index (χ1) is 10.6. The number of carbonyl (C=O) groups is 2. The quantitative estimate of drug-likeness (QED) is 0.783. The van der Waals surface area contributed by atoms with E-state index in [2.05, 4.69) is 18.7 Å². The lowest BCUT2D eigenvalue weighted by atomic mass is 9.99. The van der Waals surface area contributed by atoms with Crippen LogP contribution in [0.25, 0.3) is 0 Å². The third-order valence-corrected chi connectivity index (χ3v) is 5.65. The van der Waals surface area contributed by atoms with Crippen molar-refractivity contribution in [2.45, 2.75) is 33.1 Å². The first kappa shape index (κ1) is 15.8. The standard InChI is InChI=1S/C17H29N3O2/c1-3-18-8-10-20(11-9-18)17(22)15-12-14(15)16(21)19-6-4-13(2)5-7-19/h13-15H,3-12H2,1-2H3. The molecule has 0 spiro atoms. The van der Waals surface area contributed by atoms with Crippen LogP contribution in [0.1, 0.15) is 33.1 Å². The lowest BCUT2D eigenvalue weighted by molar-refractivity contribution is -0.139. The molecule has 0 radical (unpaired) electrons. The second-order valence-corrected chi connectivity index (χ2v) is 7.22. The van der Waals surface area contributed by atoms with Gasteiger partial charge in [0.2, 0.25) is 11.8 Å². The molecule has 0 aromatic rings. The highest BCUT2D eigenvalue weighted by molar-refractivity contribution is 5.92. The van der Waals surface area contributed by atoms with Crippen LogP contribution in [0.5, 0.6) is 0 Å². The van der Waals surface area contributed by atoms with E-state index in [4.69, 9.17) is 0 Å². The Labute approximate surface area is 133 Å². The normalized spacial score (nSPS) is 30.5. The minimum atomic E-state index is -0.0278. The number of hydrogen-bond donors (Lipinski definition) is 0. The van der Waals surface area contributed by atoms with Crippen LogP contribution < -0.4 is 0 Å². The molecule has 124 valence electrons. The predicted molar refractivity (Wildman–Crippen MR) is 85.3 cm³/mol. The molecule has 3 aliphatic rings. The predicted octanol–water partition coefficient (Wildman–Crippen LogP) is 1.05. The Morgan fingerprint density at radius 1 is 0.864 bits per heavy atom. The van der Waals surface area contributed by atoms with Crippen LogP contribution in [-0.2, 0) is 9.59 Å². The van der Waals surface area contributed by atoms with Gasteiger partial charge in [0.25, 0.3) is 0 Å². The summed E-state index contributed by atoms with van der Waals surface area (Å²) >= 11 is 0. The lowest BCUT2D eigenvalue weighted by Crippen LogP contribution is -2.49. The Morgan fingerprint density at radius 2 is 1.36 bits per heavy atom. The summed E-state index contributed by atoms with van der Waals surface area (Å²) in [6.07, 6.45) is 2.99. The smallest absolute Gasteiger partial charge is 0.226 e.